The van der Waals surface area contributed by atoms with E-state index in [2.05, 4.69) is 52.2 Å². The normalized spacial score (nSPS) is 12.5. The number of nitrogens with zero attached hydrogens (tertiary/aromatic N) is 2. The molecular weight excluding hydrogens is 258 g/mol. The zero-order valence-electron chi connectivity index (χ0n) is 14.2. The first-order valence-corrected chi connectivity index (χ1v) is 8.07. The summed E-state index contributed by atoms with van der Waals surface area (Å²) >= 11 is 0. The molecule has 0 saturated carbocycles. The van der Waals surface area contributed by atoms with Crippen molar-refractivity contribution in [2.75, 3.05) is 5.73 Å². The Morgan fingerprint density at radius 2 is 1.67 bits per heavy atom. The molecule has 2 aromatic rings. The molecule has 0 radical (unpaired) electrons. The molecule has 0 fully saturated rings. The van der Waals surface area contributed by atoms with E-state index < -0.39 is 0 Å². The average Bonchev–Trinajstić information content (AvgIpc) is 2.72. The molecule has 116 valence electrons. The lowest BCUT2D eigenvalue weighted by atomic mass is 9.85. The lowest BCUT2D eigenvalue weighted by Gasteiger charge is -2.27. The number of hydrogen-bond donors (Lipinski definition) is 1. The fraction of sp³-hybridized carbons (Fsp3) is 0.611. The van der Waals surface area contributed by atoms with Gasteiger partial charge >= 0.3 is 0 Å². The van der Waals surface area contributed by atoms with Crippen molar-refractivity contribution in [3.05, 3.63) is 24.0 Å². The Labute approximate surface area is 128 Å². The Morgan fingerprint density at radius 1 is 1.05 bits per heavy atom. The van der Waals surface area contributed by atoms with Crippen LogP contribution in [0.5, 0.6) is 0 Å². The number of imidazole rings is 1. The van der Waals surface area contributed by atoms with E-state index in [-0.39, 0.29) is 0 Å². The molecule has 0 spiro atoms. The van der Waals surface area contributed by atoms with Crippen molar-refractivity contribution >= 4 is 16.7 Å². The number of hydrogen-bond acceptors (Lipinski definition) is 2. The molecule has 1 aromatic carbocycles. The van der Waals surface area contributed by atoms with E-state index in [0.717, 1.165) is 17.7 Å². The molecule has 0 bridgehead atoms. The minimum atomic E-state index is 0.415. The second kappa shape index (κ2) is 6.08. The molecule has 0 aliphatic rings. The van der Waals surface area contributed by atoms with Crippen molar-refractivity contribution < 1.29 is 0 Å². The third-order valence-electron chi connectivity index (χ3n) is 4.42. The highest BCUT2D eigenvalue weighted by atomic mass is 15.1. The lowest BCUT2D eigenvalue weighted by molar-refractivity contribution is 0.251. The fourth-order valence-electron chi connectivity index (χ4n) is 3.20. The first-order chi connectivity index (χ1) is 9.81. The maximum Gasteiger partial charge on any atom is 0.112 e. The van der Waals surface area contributed by atoms with Crippen LogP contribution in [0.25, 0.3) is 11.0 Å². The molecule has 21 heavy (non-hydrogen) atoms. The van der Waals surface area contributed by atoms with Crippen molar-refractivity contribution in [3.63, 3.8) is 0 Å². The number of fused-ring (bicyclic) bond motifs is 1. The summed E-state index contributed by atoms with van der Waals surface area (Å²) in [5.74, 6) is 3.56. The van der Waals surface area contributed by atoms with E-state index >= 15 is 0 Å². The molecule has 3 heteroatoms. The molecule has 1 heterocycles. The molecular formula is C18H29N3. The van der Waals surface area contributed by atoms with Crippen molar-refractivity contribution in [2.45, 2.75) is 54.0 Å². The van der Waals surface area contributed by atoms with E-state index in [1.54, 1.807) is 0 Å². The van der Waals surface area contributed by atoms with Crippen molar-refractivity contribution in [3.8, 4) is 0 Å². The summed E-state index contributed by atoms with van der Waals surface area (Å²) < 4.78 is 2.41. The van der Waals surface area contributed by atoms with Crippen LogP contribution in [0, 0.1) is 17.8 Å². The van der Waals surface area contributed by atoms with E-state index in [1.165, 1.54) is 11.3 Å². The summed E-state index contributed by atoms with van der Waals surface area (Å²) in [4.78, 5) is 4.83. The number of nitrogens with two attached hydrogens (primary N) is 1. The summed E-state index contributed by atoms with van der Waals surface area (Å²) in [6, 6.07) is 6.07. The van der Waals surface area contributed by atoms with Gasteiger partial charge in [-0.15, -0.1) is 0 Å². The molecule has 0 unspecified atom stereocenters. The average molecular weight is 287 g/mol. The van der Waals surface area contributed by atoms with E-state index in [1.807, 2.05) is 12.1 Å². The Balaban J connectivity index is 2.52. The summed E-state index contributed by atoms with van der Waals surface area (Å²) in [6.07, 6.45) is 0. The molecule has 3 nitrogen and oxygen atoms in total. The topological polar surface area (TPSA) is 43.8 Å². The van der Waals surface area contributed by atoms with Crippen molar-refractivity contribution in [2.24, 2.45) is 17.8 Å². The van der Waals surface area contributed by atoms with Crippen LogP contribution in [-0.4, -0.2) is 9.55 Å². The van der Waals surface area contributed by atoms with Gasteiger partial charge in [-0.05, 0) is 36.0 Å². The smallest absolute Gasteiger partial charge is 0.112 e. The van der Waals surface area contributed by atoms with Gasteiger partial charge in [0.1, 0.15) is 5.82 Å². The van der Waals surface area contributed by atoms with Gasteiger partial charge < -0.3 is 10.3 Å². The standard InChI is InChI=1S/C18H29N3/c1-11(2)15(12(3)4)10-21-17-8-7-14(19)9-16(17)20-18(21)13(5)6/h7-9,11-13,15H,10,19H2,1-6H3. The molecule has 0 amide bonds. The lowest BCUT2D eigenvalue weighted by Crippen LogP contribution is -2.23. The maximum atomic E-state index is 5.91. The Hall–Kier alpha value is -1.51. The highest BCUT2D eigenvalue weighted by Crippen LogP contribution is 2.29. The molecule has 1 aromatic heterocycles. The van der Waals surface area contributed by atoms with Crippen LogP contribution in [0.15, 0.2) is 18.2 Å². The van der Waals surface area contributed by atoms with Crippen LogP contribution in [0.3, 0.4) is 0 Å². The maximum absolute atomic E-state index is 5.91. The van der Waals surface area contributed by atoms with Crippen molar-refractivity contribution in [1.82, 2.24) is 9.55 Å². The minimum Gasteiger partial charge on any atom is -0.399 e. The molecule has 0 aliphatic carbocycles. The zero-order chi connectivity index (χ0) is 15.7. The molecule has 0 saturated heterocycles. The Morgan fingerprint density at radius 3 is 2.19 bits per heavy atom. The van der Waals surface area contributed by atoms with Gasteiger partial charge in [0, 0.05) is 18.2 Å². The van der Waals surface area contributed by atoms with Gasteiger partial charge in [0.2, 0.25) is 0 Å². The summed E-state index contributed by atoms with van der Waals surface area (Å²) in [7, 11) is 0. The summed E-state index contributed by atoms with van der Waals surface area (Å²) in [6.45, 7) is 14.7. The molecule has 2 N–H and O–H groups in total. The van der Waals surface area contributed by atoms with Crippen molar-refractivity contribution in [1.29, 1.82) is 0 Å². The molecule has 2 rings (SSSR count). The summed E-state index contributed by atoms with van der Waals surface area (Å²) in [5, 5.41) is 0. The van der Waals surface area contributed by atoms with Gasteiger partial charge in [-0.1, -0.05) is 41.5 Å². The monoisotopic (exact) mass is 287 g/mol. The first-order valence-electron chi connectivity index (χ1n) is 8.07. The van der Waals surface area contributed by atoms with Crippen LogP contribution < -0.4 is 5.73 Å². The van der Waals surface area contributed by atoms with Gasteiger partial charge in [-0.2, -0.15) is 0 Å². The van der Waals surface area contributed by atoms with Gasteiger partial charge in [-0.25, -0.2) is 4.98 Å². The quantitative estimate of drug-likeness (QED) is 0.812. The van der Waals surface area contributed by atoms with Crippen LogP contribution in [-0.2, 0) is 6.54 Å². The molecule has 0 atom stereocenters. The number of aromatic nitrogens is 2. The third-order valence-corrected chi connectivity index (χ3v) is 4.42. The predicted octanol–water partition coefficient (Wildman–Crippen LogP) is 4.67. The number of rotatable bonds is 5. The van der Waals surface area contributed by atoms with Crippen LogP contribution in [0.2, 0.25) is 0 Å². The number of nitrogen functional groups attached to an aromatic ring is 1. The van der Waals surface area contributed by atoms with Gasteiger partial charge in [0.15, 0.2) is 0 Å². The second-order valence-electron chi connectivity index (χ2n) is 7.14. The highest BCUT2D eigenvalue weighted by molar-refractivity contribution is 5.79. The van der Waals surface area contributed by atoms with Gasteiger partial charge in [-0.3, -0.25) is 0 Å². The van der Waals surface area contributed by atoms with Crippen LogP contribution in [0.4, 0.5) is 5.69 Å². The van der Waals surface area contributed by atoms with Crippen LogP contribution in [0.1, 0.15) is 53.3 Å². The predicted molar refractivity (Wildman–Crippen MR) is 91.4 cm³/mol. The first kappa shape index (κ1) is 15.9. The molecule has 0 aliphatic heterocycles. The van der Waals surface area contributed by atoms with E-state index in [9.17, 15) is 0 Å². The SMILES string of the molecule is CC(C)c1nc2cc(N)ccc2n1CC(C(C)C)C(C)C. The van der Waals surface area contributed by atoms with Gasteiger partial charge in [0.25, 0.3) is 0 Å². The summed E-state index contributed by atoms with van der Waals surface area (Å²) in [5.41, 5.74) is 8.92. The zero-order valence-corrected chi connectivity index (χ0v) is 14.2. The fourth-order valence-corrected chi connectivity index (χ4v) is 3.20. The Kier molecular flexibility index (Phi) is 4.60. The highest BCUT2D eigenvalue weighted by Gasteiger charge is 2.22. The number of anilines is 1. The van der Waals surface area contributed by atoms with Crippen LogP contribution >= 0.6 is 0 Å². The van der Waals surface area contributed by atoms with E-state index in [0.29, 0.717) is 23.7 Å². The second-order valence-corrected chi connectivity index (χ2v) is 7.14. The third kappa shape index (κ3) is 3.22. The minimum absolute atomic E-state index is 0.415. The van der Waals surface area contributed by atoms with E-state index in [4.69, 9.17) is 10.7 Å². The Bertz CT molecular complexity index is 600. The van der Waals surface area contributed by atoms with Gasteiger partial charge in [0.05, 0.1) is 11.0 Å². The number of benzene rings is 1. The largest absolute Gasteiger partial charge is 0.399 e.